The van der Waals surface area contributed by atoms with Crippen LogP contribution in [0.15, 0.2) is 23.8 Å². The fourth-order valence-electron chi connectivity index (χ4n) is 1.52. The Bertz CT molecular complexity index is 601. The topological polar surface area (TPSA) is 54.9 Å². The summed E-state index contributed by atoms with van der Waals surface area (Å²) in [6.07, 6.45) is 2.62. The molecule has 0 bridgehead atoms. The normalized spacial score (nSPS) is 11.4. The first-order valence-electron chi connectivity index (χ1n) is 5.43. The standard InChI is InChI=1S/C12H11ClFN3OS/c1-12(2,11-15-3-4-19-11)17-10(18)8-5-7(14)6-16-9(8)13/h3-6H,1-2H3,(H,17,18). The predicted molar refractivity (Wildman–Crippen MR) is 71.8 cm³/mol. The maximum Gasteiger partial charge on any atom is 0.255 e. The molecule has 0 aliphatic heterocycles. The molecule has 0 aromatic carbocycles. The summed E-state index contributed by atoms with van der Waals surface area (Å²) in [6.45, 7) is 3.62. The van der Waals surface area contributed by atoms with Crippen molar-refractivity contribution in [1.29, 1.82) is 0 Å². The van der Waals surface area contributed by atoms with E-state index in [0.717, 1.165) is 17.3 Å². The highest BCUT2D eigenvalue weighted by Crippen LogP contribution is 2.23. The zero-order valence-electron chi connectivity index (χ0n) is 10.3. The molecule has 4 nitrogen and oxygen atoms in total. The van der Waals surface area contributed by atoms with Gasteiger partial charge in [-0.05, 0) is 19.9 Å². The van der Waals surface area contributed by atoms with Crippen LogP contribution in [0.3, 0.4) is 0 Å². The molecule has 2 aromatic rings. The number of halogens is 2. The molecule has 100 valence electrons. The fraction of sp³-hybridized carbons (Fsp3) is 0.250. The largest absolute Gasteiger partial charge is 0.341 e. The lowest BCUT2D eigenvalue weighted by atomic mass is 10.1. The highest BCUT2D eigenvalue weighted by atomic mass is 35.5. The van der Waals surface area contributed by atoms with Crippen LogP contribution in [-0.4, -0.2) is 15.9 Å². The summed E-state index contributed by atoms with van der Waals surface area (Å²) in [5, 5.41) is 5.30. The SMILES string of the molecule is CC(C)(NC(=O)c1cc(F)cnc1Cl)c1nccs1. The van der Waals surface area contributed by atoms with Crippen LogP contribution in [-0.2, 0) is 5.54 Å². The number of carbonyl (C=O) groups is 1. The number of carbonyl (C=O) groups excluding carboxylic acids is 1. The molecule has 0 unspecified atom stereocenters. The molecule has 0 aliphatic rings. The van der Waals surface area contributed by atoms with Crippen molar-refractivity contribution in [3.8, 4) is 0 Å². The minimum absolute atomic E-state index is 0.00583. The van der Waals surface area contributed by atoms with Crippen molar-refractivity contribution in [2.45, 2.75) is 19.4 Å². The Labute approximate surface area is 118 Å². The molecule has 0 saturated carbocycles. The third kappa shape index (κ3) is 3.08. The maximum absolute atomic E-state index is 13.1. The van der Waals surface area contributed by atoms with Crippen molar-refractivity contribution in [3.63, 3.8) is 0 Å². The Balaban J connectivity index is 2.24. The Kier molecular flexibility index (Phi) is 3.82. The quantitative estimate of drug-likeness (QED) is 0.887. The number of hydrogen-bond donors (Lipinski definition) is 1. The third-order valence-corrected chi connectivity index (χ3v) is 3.84. The molecule has 2 heterocycles. The number of hydrogen-bond acceptors (Lipinski definition) is 4. The number of nitrogens with one attached hydrogen (secondary N) is 1. The van der Waals surface area contributed by atoms with Gasteiger partial charge in [0, 0.05) is 11.6 Å². The molecule has 0 spiro atoms. The van der Waals surface area contributed by atoms with E-state index in [9.17, 15) is 9.18 Å². The summed E-state index contributed by atoms with van der Waals surface area (Å²) in [4.78, 5) is 19.9. The molecule has 0 fully saturated rings. The molecule has 0 aliphatic carbocycles. The van der Waals surface area contributed by atoms with E-state index in [1.165, 1.54) is 11.3 Å². The smallest absolute Gasteiger partial charge is 0.255 e. The van der Waals surface area contributed by atoms with Gasteiger partial charge in [-0.25, -0.2) is 14.4 Å². The Morgan fingerprint density at radius 2 is 2.21 bits per heavy atom. The van der Waals surface area contributed by atoms with Crippen LogP contribution in [0.4, 0.5) is 4.39 Å². The van der Waals surface area contributed by atoms with Gasteiger partial charge in [-0.3, -0.25) is 4.79 Å². The molecule has 2 rings (SSSR count). The zero-order chi connectivity index (χ0) is 14.0. The van der Waals surface area contributed by atoms with Crippen LogP contribution in [0.5, 0.6) is 0 Å². The van der Waals surface area contributed by atoms with E-state index in [4.69, 9.17) is 11.6 Å². The van der Waals surface area contributed by atoms with E-state index in [1.54, 1.807) is 6.20 Å². The van der Waals surface area contributed by atoms with Crippen LogP contribution in [0.25, 0.3) is 0 Å². The van der Waals surface area contributed by atoms with Gasteiger partial charge in [-0.15, -0.1) is 11.3 Å². The number of amides is 1. The number of thiazole rings is 1. The fourth-order valence-corrected chi connectivity index (χ4v) is 2.43. The van der Waals surface area contributed by atoms with Gasteiger partial charge in [-0.2, -0.15) is 0 Å². The first-order chi connectivity index (χ1) is 8.90. The van der Waals surface area contributed by atoms with Crippen LogP contribution in [0.1, 0.15) is 29.2 Å². The average Bonchev–Trinajstić information content (AvgIpc) is 2.86. The van der Waals surface area contributed by atoms with Gasteiger partial charge in [0.15, 0.2) is 0 Å². The number of pyridine rings is 1. The summed E-state index contributed by atoms with van der Waals surface area (Å²) in [6, 6.07) is 1.06. The highest BCUT2D eigenvalue weighted by Gasteiger charge is 2.27. The molecule has 1 amide bonds. The van der Waals surface area contributed by atoms with Crippen LogP contribution in [0, 0.1) is 5.82 Å². The van der Waals surface area contributed by atoms with Gasteiger partial charge in [-0.1, -0.05) is 11.6 Å². The van der Waals surface area contributed by atoms with E-state index in [0.29, 0.717) is 0 Å². The lowest BCUT2D eigenvalue weighted by molar-refractivity contribution is 0.0911. The highest BCUT2D eigenvalue weighted by molar-refractivity contribution is 7.09. The van der Waals surface area contributed by atoms with Gasteiger partial charge in [0.2, 0.25) is 0 Å². The predicted octanol–water partition coefficient (Wildman–Crippen LogP) is 3.00. The van der Waals surface area contributed by atoms with Crippen molar-refractivity contribution in [3.05, 3.63) is 45.4 Å². The molecule has 0 atom stereocenters. The summed E-state index contributed by atoms with van der Waals surface area (Å²) >= 11 is 7.22. The molecular weight excluding hydrogens is 289 g/mol. The van der Waals surface area contributed by atoms with Crippen molar-refractivity contribution < 1.29 is 9.18 Å². The summed E-state index contributed by atoms with van der Waals surface area (Å²) in [5.74, 6) is -1.10. The lowest BCUT2D eigenvalue weighted by Crippen LogP contribution is -2.41. The first kappa shape index (κ1) is 13.9. The Hall–Kier alpha value is -1.53. The van der Waals surface area contributed by atoms with Crippen LogP contribution in [0.2, 0.25) is 5.15 Å². The van der Waals surface area contributed by atoms with E-state index in [2.05, 4.69) is 15.3 Å². The van der Waals surface area contributed by atoms with Crippen molar-refractivity contribution in [2.24, 2.45) is 0 Å². The lowest BCUT2D eigenvalue weighted by Gasteiger charge is -2.23. The summed E-state index contributed by atoms with van der Waals surface area (Å²) in [7, 11) is 0. The minimum atomic E-state index is -0.666. The Morgan fingerprint density at radius 1 is 1.47 bits per heavy atom. The molecule has 7 heteroatoms. The second kappa shape index (κ2) is 5.22. The van der Waals surface area contributed by atoms with Crippen molar-refractivity contribution in [2.75, 3.05) is 0 Å². The van der Waals surface area contributed by atoms with Gasteiger partial charge in [0.25, 0.3) is 5.91 Å². The van der Waals surface area contributed by atoms with Crippen molar-refractivity contribution >= 4 is 28.8 Å². The third-order valence-electron chi connectivity index (χ3n) is 2.44. The molecule has 0 radical (unpaired) electrons. The van der Waals surface area contributed by atoms with E-state index in [1.807, 2.05) is 19.2 Å². The van der Waals surface area contributed by atoms with Gasteiger partial charge in [0.05, 0.1) is 17.3 Å². The molecular formula is C12H11ClFN3OS. The number of nitrogens with zero attached hydrogens (tertiary/aromatic N) is 2. The van der Waals surface area contributed by atoms with E-state index in [-0.39, 0.29) is 10.7 Å². The maximum atomic E-state index is 13.1. The second-order valence-corrected chi connectivity index (χ2v) is 5.66. The van der Waals surface area contributed by atoms with Crippen LogP contribution >= 0.6 is 22.9 Å². The number of aromatic nitrogens is 2. The second-order valence-electron chi connectivity index (χ2n) is 4.41. The zero-order valence-corrected chi connectivity index (χ0v) is 11.8. The summed E-state index contributed by atoms with van der Waals surface area (Å²) in [5.41, 5.74) is -0.660. The minimum Gasteiger partial charge on any atom is -0.341 e. The van der Waals surface area contributed by atoms with Crippen LogP contribution < -0.4 is 5.32 Å². The Morgan fingerprint density at radius 3 is 2.84 bits per heavy atom. The average molecular weight is 300 g/mol. The van der Waals surface area contributed by atoms with E-state index >= 15 is 0 Å². The monoisotopic (exact) mass is 299 g/mol. The number of rotatable bonds is 3. The van der Waals surface area contributed by atoms with Crippen molar-refractivity contribution in [1.82, 2.24) is 15.3 Å². The van der Waals surface area contributed by atoms with E-state index < -0.39 is 17.3 Å². The first-order valence-corrected chi connectivity index (χ1v) is 6.69. The molecule has 0 saturated heterocycles. The molecule has 2 aromatic heterocycles. The van der Waals surface area contributed by atoms with Gasteiger partial charge >= 0.3 is 0 Å². The van der Waals surface area contributed by atoms with Gasteiger partial charge < -0.3 is 5.32 Å². The summed E-state index contributed by atoms with van der Waals surface area (Å²) < 4.78 is 13.1. The molecule has 1 N–H and O–H groups in total. The molecule has 19 heavy (non-hydrogen) atoms. The van der Waals surface area contributed by atoms with Gasteiger partial charge in [0.1, 0.15) is 16.0 Å².